The molecule has 0 saturated carbocycles. The van der Waals surface area contributed by atoms with E-state index in [1.807, 2.05) is 17.8 Å². The van der Waals surface area contributed by atoms with Crippen LogP contribution in [0.15, 0.2) is 30.3 Å². The van der Waals surface area contributed by atoms with Crippen LogP contribution in [0.5, 0.6) is 0 Å². The molecule has 0 radical (unpaired) electrons. The van der Waals surface area contributed by atoms with E-state index in [9.17, 15) is 0 Å². The van der Waals surface area contributed by atoms with Crippen LogP contribution < -0.4 is 0 Å². The lowest BCUT2D eigenvalue weighted by atomic mass is 10.1. The summed E-state index contributed by atoms with van der Waals surface area (Å²) in [7, 11) is 1.99. The second-order valence-electron chi connectivity index (χ2n) is 4.66. The van der Waals surface area contributed by atoms with Crippen molar-refractivity contribution in [2.75, 3.05) is 0 Å². The van der Waals surface area contributed by atoms with Gasteiger partial charge in [0.15, 0.2) is 5.82 Å². The average Bonchev–Trinajstić information content (AvgIpc) is 2.76. The molecule has 1 heterocycles. The fourth-order valence-corrected chi connectivity index (χ4v) is 2.03. The Balaban J connectivity index is 1.94. The monoisotopic (exact) mass is 243 g/mol. The van der Waals surface area contributed by atoms with Crippen molar-refractivity contribution in [1.82, 2.24) is 14.8 Å². The highest BCUT2D eigenvalue weighted by Gasteiger charge is 2.06. The zero-order valence-corrected chi connectivity index (χ0v) is 11.3. The van der Waals surface area contributed by atoms with Gasteiger partial charge < -0.3 is 0 Å². The van der Waals surface area contributed by atoms with Crippen molar-refractivity contribution in [3.05, 3.63) is 47.5 Å². The minimum absolute atomic E-state index is 0.921. The minimum Gasteiger partial charge on any atom is -0.253 e. The SMILES string of the molecule is CCCCc1nc(CCc2ccccc2)nn1C. The van der Waals surface area contributed by atoms with Gasteiger partial charge in [-0.15, -0.1) is 0 Å². The van der Waals surface area contributed by atoms with Crippen molar-refractivity contribution < 1.29 is 0 Å². The van der Waals surface area contributed by atoms with Crippen LogP contribution in [0.2, 0.25) is 0 Å². The summed E-state index contributed by atoms with van der Waals surface area (Å²) in [4.78, 5) is 4.61. The van der Waals surface area contributed by atoms with Gasteiger partial charge in [-0.05, 0) is 18.4 Å². The molecule has 0 spiro atoms. The maximum atomic E-state index is 4.61. The third kappa shape index (κ3) is 3.42. The highest BCUT2D eigenvalue weighted by molar-refractivity contribution is 5.15. The molecule has 1 aromatic heterocycles. The number of nitrogens with zero attached hydrogens (tertiary/aromatic N) is 3. The molecule has 0 atom stereocenters. The van der Waals surface area contributed by atoms with Crippen LogP contribution in [-0.2, 0) is 26.3 Å². The summed E-state index contributed by atoms with van der Waals surface area (Å²) in [6.07, 6.45) is 5.35. The third-order valence-electron chi connectivity index (χ3n) is 3.13. The molecular weight excluding hydrogens is 222 g/mol. The van der Waals surface area contributed by atoms with Crippen molar-refractivity contribution in [1.29, 1.82) is 0 Å². The fourth-order valence-electron chi connectivity index (χ4n) is 2.03. The zero-order chi connectivity index (χ0) is 12.8. The van der Waals surface area contributed by atoms with Crippen LogP contribution in [0.25, 0.3) is 0 Å². The van der Waals surface area contributed by atoms with Gasteiger partial charge in [-0.2, -0.15) is 5.10 Å². The Hall–Kier alpha value is -1.64. The molecule has 0 amide bonds. The van der Waals surface area contributed by atoms with Crippen molar-refractivity contribution in [3.8, 4) is 0 Å². The van der Waals surface area contributed by atoms with Gasteiger partial charge in [0.05, 0.1) is 0 Å². The van der Waals surface area contributed by atoms with Crippen molar-refractivity contribution in [3.63, 3.8) is 0 Å². The Labute approximate surface area is 109 Å². The Morgan fingerprint density at radius 1 is 1.06 bits per heavy atom. The second kappa shape index (κ2) is 6.34. The number of aromatic nitrogens is 3. The predicted molar refractivity (Wildman–Crippen MR) is 73.5 cm³/mol. The molecule has 0 unspecified atom stereocenters. The molecule has 0 fully saturated rings. The standard InChI is InChI=1S/C15H21N3/c1-3-4-10-15-16-14(17-18(15)2)12-11-13-8-6-5-7-9-13/h5-9H,3-4,10-12H2,1-2H3. The topological polar surface area (TPSA) is 30.7 Å². The molecule has 3 nitrogen and oxygen atoms in total. The molecular formula is C15H21N3. The second-order valence-corrected chi connectivity index (χ2v) is 4.66. The first kappa shape index (κ1) is 12.8. The van der Waals surface area contributed by atoms with Gasteiger partial charge in [-0.3, -0.25) is 4.68 Å². The van der Waals surface area contributed by atoms with E-state index in [1.165, 1.54) is 18.4 Å². The molecule has 96 valence electrons. The predicted octanol–water partition coefficient (Wildman–Crippen LogP) is 2.94. The summed E-state index contributed by atoms with van der Waals surface area (Å²) < 4.78 is 1.93. The summed E-state index contributed by atoms with van der Waals surface area (Å²) >= 11 is 0. The highest BCUT2D eigenvalue weighted by Crippen LogP contribution is 2.06. The minimum atomic E-state index is 0.921. The van der Waals surface area contributed by atoms with E-state index < -0.39 is 0 Å². The zero-order valence-electron chi connectivity index (χ0n) is 11.3. The molecule has 0 aliphatic carbocycles. The van der Waals surface area contributed by atoms with Crippen LogP contribution in [0.3, 0.4) is 0 Å². The molecule has 2 rings (SSSR count). The summed E-state index contributed by atoms with van der Waals surface area (Å²) in [6.45, 7) is 2.20. The summed E-state index contributed by atoms with van der Waals surface area (Å²) in [5.41, 5.74) is 1.35. The van der Waals surface area contributed by atoms with Crippen LogP contribution in [0.4, 0.5) is 0 Å². The van der Waals surface area contributed by atoms with Gasteiger partial charge in [0.2, 0.25) is 0 Å². The summed E-state index contributed by atoms with van der Waals surface area (Å²) in [5.74, 6) is 2.08. The van der Waals surface area contributed by atoms with E-state index in [2.05, 4.69) is 41.3 Å². The number of benzene rings is 1. The van der Waals surface area contributed by atoms with Gasteiger partial charge in [0.1, 0.15) is 5.82 Å². The van der Waals surface area contributed by atoms with Crippen LogP contribution in [-0.4, -0.2) is 14.8 Å². The number of aryl methyl sites for hydroxylation is 4. The van der Waals surface area contributed by atoms with Gasteiger partial charge in [-0.1, -0.05) is 43.7 Å². The largest absolute Gasteiger partial charge is 0.253 e. The number of rotatable bonds is 6. The quantitative estimate of drug-likeness (QED) is 0.781. The lowest BCUT2D eigenvalue weighted by molar-refractivity contribution is 0.661. The smallest absolute Gasteiger partial charge is 0.151 e. The lowest BCUT2D eigenvalue weighted by Crippen LogP contribution is -1.99. The van der Waals surface area contributed by atoms with E-state index in [4.69, 9.17) is 0 Å². The Bertz CT molecular complexity index is 474. The van der Waals surface area contributed by atoms with E-state index in [0.29, 0.717) is 0 Å². The first-order valence-electron chi connectivity index (χ1n) is 6.72. The van der Waals surface area contributed by atoms with Crippen LogP contribution >= 0.6 is 0 Å². The maximum absolute atomic E-state index is 4.61. The fraction of sp³-hybridized carbons (Fsp3) is 0.467. The summed E-state index contributed by atoms with van der Waals surface area (Å²) in [6, 6.07) is 10.5. The Morgan fingerprint density at radius 3 is 2.56 bits per heavy atom. The first-order chi connectivity index (χ1) is 8.79. The first-order valence-corrected chi connectivity index (χ1v) is 6.72. The molecule has 0 N–H and O–H groups in total. The molecule has 0 bridgehead atoms. The van der Waals surface area contributed by atoms with Gasteiger partial charge in [0, 0.05) is 19.9 Å². The van der Waals surface area contributed by atoms with Crippen molar-refractivity contribution >= 4 is 0 Å². The highest BCUT2D eigenvalue weighted by atomic mass is 15.3. The summed E-state index contributed by atoms with van der Waals surface area (Å²) in [5, 5.41) is 4.48. The molecule has 0 saturated heterocycles. The Kier molecular flexibility index (Phi) is 4.51. The molecule has 18 heavy (non-hydrogen) atoms. The molecule has 3 heteroatoms. The number of unbranched alkanes of at least 4 members (excludes halogenated alkanes) is 1. The molecule has 0 aliphatic rings. The van der Waals surface area contributed by atoms with E-state index >= 15 is 0 Å². The number of hydrogen-bond acceptors (Lipinski definition) is 2. The average molecular weight is 243 g/mol. The van der Waals surface area contributed by atoms with Crippen molar-refractivity contribution in [2.45, 2.75) is 39.0 Å². The number of hydrogen-bond donors (Lipinski definition) is 0. The third-order valence-corrected chi connectivity index (χ3v) is 3.13. The van der Waals surface area contributed by atoms with E-state index in [1.54, 1.807) is 0 Å². The van der Waals surface area contributed by atoms with Crippen LogP contribution in [0.1, 0.15) is 37.0 Å². The normalized spacial score (nSPS) is 10.8. The van der Waals surface area contributed by atoms with E-state index in [-0.39, 0.29) is 0 Å². The Morgan fingerprint density at radius 2 is 1.83 bits per heavy atom. The van der Waals surface area contributed by atoms with Crippen LogP contribution in [0, 0.1) is 0 Å². The van der Waals surface area contributed by atoms with Gasteiger partial charge >= 0.3 is 0 Å². The lowest BCUT2D eigenvalue weighted by Gasteiger charge is -1.97. The molecule has 2 aromatic rings. The molecule has 0 aliphatic heterocycles. The van der Waals surface area contributed by atoms with Crippen molar-refractivity contribution in [2.24, 2.45) is 7.05 Å². The van der Waals surface area contributed by atoms with Gasteiger partial charge in [-0.25, -0.2) is 4.98 Å². The molecule has 1 aromatic carbocycles. The van der Waals surface area contributed by atoms with E-state index in [0.717, 1.165) is 30.9 Å². The maximum Gasteiger partial charge on any atom is 0.151 e. The van der Waals surface area contributed by atoms with Gasteiger partial charge in [0.25, 0.3) is 0 Å².